The van der Waals surface area contributed by atoms with Gasteiger partial charge in [-0.1, -0.05) is 12.1 Å². The molecule has 5 rings (SSSR count). The Kier molecular flexibility index (Phi) is 3.23. The molecule has 10 heteroatoms. The Balaban J connectivity index is 1.41. The summed E-state index contributed by atoms with van der Waals surface area (Å²) in [6.45, 7) is 2.70. The summed E-state index contributed by atoms with van der Waals surface area (Å²) in [5.74, 6) is 1.32. The highest BCUT2D eigenvalue weighted by Gasteiger charge is 2.33. The average Bonchev–Trinajstić information content (AvgIpc) is 3.25. The van der Waals surface area contributed by atoms with Crippen molar-refractivity contribution in [2.75, 3.05) is 31.1 Å². The number of sulfonamides is 1. The van der Waals surface area contributed by atoms with E-state index in [1.807, 2.05) is 27.6 Å². The lowest BCUT2D eigenvalue weighted by molar-refractivity contribution is 0.386. The molecule has 2 aliphatic rings. The van der Waals surface area contributed by atoms with Gasteiger partial charge in [-0.25, -0.2) is 4.98 Å². The van der Waals surface area contributed by atoms with Crippen LogP contribution in [0.25, 0.3) is 5.65 Å². The van der Waals surface area contributed by atoms with Crippen LogP contribution in [0.1, 0.15) is 5.56 Å². The standard InChI is InChI=1S/C16H15N7O2S/c24-26(25)13-4-2-1-3-12(13)14(20-26)21-7-9-22(10-8-21)15-16-19-18-11-23(16)6-5-17-15/h1-6,11H,7-10H2. The molecule has 4 heterocycles. The molecule has 0 saturated carbocycles. The lowest BCUT2D eigenvalue weighted by Gasteiger charge is -2.36. The molecular weight excluding hydrogens is 354 g/mol. The minimum absolute atomic E-state index is 0.285. The number of aromatic nitrogens is 4. The Labute approximate surface area is 149 Å². The zero-order valence-corrected chi connectivity index (χ0v) is 14.5. The normalized spacial score (nSPS) is 18.8. The van der Waals surface area contributed by atoms with Crippen LogP contribution in [0.4, 0.5) is 5.82 Å². The largest absolute Gasteiger partial charge is 0.352 e. The van der Waals surface area contributed by atoms with Gasteiger partial charge in [0.1, 0.15) is 11.2 Å². The zero-order chi connectivity index (χ0) is 17.7. The van der Waals surface area contributed by atoms with E-state index in [0.717, 1.165) is 5.82 Å². The quantitative estimate of drug-likeness (QED) is 0.612. The van der Waals surface area contributed by atoms with Gasteiger partial charge in [0.05, 0.1) is 0 Å². The van der Waals surface area contributed by atoms with Crippen molar-refractivity contribution >= 4 is 27.3 Å². The maximum absolute atomic E-state index is 12.3. The van der Waals surface area contributed by atoms with E-state index >= 15 is 0 Å². The molecule has 2 aromatic heterocycles. The number of hydrogen-bond acceptors (Lipinski definition) is 7. The van der Waals surface area contributed by atoms with E-state index in [-0.39, 0.29) is 4.90 Å². The van der Waals surface area contributed by atoms with E-state index in [1.165, 1.54) is 0 Å². The van der Waals surface area contributed by atoms with Crippen LogP contribution in [0, 0.1) is 0 Å². The smallest absolute Gasteiger partial charge is 0.285 e. The molecular formula is C16H15N7O2S. The van der Waals surface area contributed by atoms with Crippen molar-refractivity contribution in [2.24, 2.45) is 4.40 Å². The van der Waals surface area contributed by atoms with E-state index in [4.69, 9.17) is 0 Å². The Bertz CT molecular complexity index is 1130. The summed E-state index contributed by atoms with van der Waals surface area (Å²) < 4.78 is 30.4. The Morgan fingerprint density at radius 1 is 1.00 bits per heavy atom. The SMILES string of the molecule is O=S1(=O)N=C(N2CCN(c3nccn4cnnc34)CC2)c2ccccc21. The highest BCUT2D eigenvalue weighted by Crippen LogP contribution is 2.28. The second-order valence-corrected chi connectivity index (χ2v) is 7.75. The van der Waals surface area contributed by atoms with Crippen molar-refractivity contribution in [1.29, 1.82) is 0 Å². The average molecular weight is 369 g/mol. The van der Waals surface area contributed by atoms with Gasteiger partial charge < -0.3 is 9.80 Å². The first-order valence-electron chi connectivity index (χ1n) is 8.22. The van der Waals surface area contributed by atoms with Gasteiger partial charge in [0.2, 0.25) is 5.65 Å². The van der Waals surface area contributed by atoms with Crippen LogP contribution in [0.15, 0.2) is 52.3 Å². The number of rotatable bonds is 1. The molecule has 1 fully saturated rings. The van der Waals surface area contributed by atoms with Gasteiger partial charge in [-0.2, -0.15) is 8.42 Å². The second kappa shape index (κ2) is 5.49. The molecule has 1 aromatic carbocycles. The Hall–Kier alpha value is -3.01. The van der Waals surface area contributed by atoms with Crippen LogP contribution in [-0.4, -0.2) is 64.9 Å². The van der Waals surface area contributed by atoms with Crippen LogP contribution < -0.4 is 4.90 Å². The first-order chi connectivity index (χ1) is 12.6. The van der Waals surface area contributed by atoms with Gasteiger partial charge in [-0.05, 0) is 12.1 Å². The van der Waals surface area contributed by atoms with Crippen LogP contribution in [0.5, 0.6) is 0 Å². The molecule has 1 saturated heterocycles. The third kappa shape index (κ3) is 2.25. The zero-order valence-electron chi connectivity index (χ0n) is 13.7. The number of anilines is 1. The second-order valence-electron chi connectivity index (χ2n) is 6.17. The maximum Gasteiger partial charge on any atom is 0.285 e. The van der Waals surface area contributed by atoms with Gasteiger partial charge in [-0.15, -0.1) is 14.6 Å². The lowest BCUT2D eigenvalue weighted by atomic mass is 10.1. The number of hydrogen-bond donors (Lipinski definition) is 0. The molecule has 2 aliphatic heterocycles. The number of nitrogens with zero attached hydrogens (tertiary/aromatic N) is 7. The fourth-order valence-electron chi connectivity index (χ4n) is 3.41. The van der Waals surface area contributed by atoms with Gasteiger partial charge in [0.15, 0.2) is 11.7 Å². The van der Waals surface area contributed by atoms with Crippen molar-refractivity contribution in [1.82, 2.24) is 24.5 Å². The monoisotopic (exact) mass is 369 g/mol. The third-order valence-corrected chi connectivity index (χ3v) is 6.01. The minimum atomic E-state index is -3.59. The summed E-state index contributed by atoms with van der Waals surface area (Å²) in [5.41, 5.74) is 1.39. The summed E-state index contributed by atoms with van der Waals surface area (Å²) in [5, 5.41) is 8.06. The van der Waals surface area contributed by atoms with E-state index < -0.39 is 10.0 Å². The van der Waals surface area contributed by atoms with Crippen LogP contribution in [0.3, 0.4) is 0 Å². The number of amidine groups is 1. The Morgan fingerprint density at radius 2 is 1.77 bits per heavy atom. The predicted octanol–water partition coefficient (Wildman–Crippen LogP) is 0.395. The van der Waals surface area contributed by atoms with Crippen LogP contribution in [0.2, 0.25) is 0 Å². The molecule has 0 radical (unpaired) electrons. The van der Waals surface area contributed by atoms with E-state index in [1.54, 1.807) is 24.7 Å². The van der Waals surface area contributed by atoms with Gasteiger partial charge >= 0.3 is 0 Å². The van der Waals surface area contributed by atoms with E-state index in [0.29, 0.717) is 43.2 Å². The Morgan fingerprint density at radius 3 is 2.62 bits per heavy atom. The fraction of sp³-hybridized carbons (Fsp3) is 0.250. The van der Waals surface area contributed by atoms with Crippen molar-refractivity contribution in [2.45, 2.75) is 4.90 Å². The van der Waals surface area contributed by atoms with Crippen molar-refractivity contribution in [3.8, 4) is 0 Å². The number of piperazine rings is 1. The molecule has 0 atom stereocenters. The van der Waals surface area contributed by atoms with Crippen molar-refractivity contribution in [3.63, 3.8) is 0 Å². The first kappa shape index (κ1) is 15.3. The topological polar surface area (TPSA) is 96.1 Å². The van der Waals surface area contributed by atoms with Gasteiger partial charge in [0, 0.05) is 44.1 Å². The molecule has 0 aliphatic carbocycles. The molecule has 9 nitrogen and oxygen atoms in total. The first-order valence-corrected chi connectivity index (χ1v) is 9.66. The minimum Gasteiger partial charge on any atom is -0.352 e. The summed E-state index contributed by atoms with van der Waals surface area (Å²) in [6.07, 6.45) is 5.18. The number of fused-ring (bicyclic) bond motifs is 2. The summed E-state index contributed by atoms with van der Waals surface area (Å²) in [7, 11) is -3.59. The molecule has 3 aromatic rings. The van der Waals surface area contributed by atoms with Crippen LogP contribution in [-0.2, 0) is 10.0 Å². The lowest BCUT2D eigenvalue weighted by Crippen LogP contribution is -2.49. The maximum atomic E-state index is 12.3. The molecule has 26 heavy (non-hydrogen) atoms. The van der Waals surface area contributed by atoms with Crippen molar-refractivity contribution < 1.29 is 8.42 Å². The molecule has 0 unspecified atom stereocenters. The predicted molar refractivity (Wildman–Crippen MR) is 94.7 cm³/mol. The van der Waals surface area contributed by atoms with Crippen LogP contribution >= 0.6 is 0 Å². The summed E-state index contributed by atoms with van der Waals surface area (Å²) in [4.78, 5) is 8.88. The highest BCUT2D eigenvalue weighted by molar-refractivity contribution is 7.90. The number of benzene rings is 1. The van der Waals surface area contributed by atoms with E-state index in [9.17, 15) is 8.42 Å². The fourth-order valence-corrected chi connectivity index (χ4v) is 4.64. The van der Waals surface area contributed by atoms with E-state index in [2.05, 4.69) is 24.5 Å². The van der Waals surface area contributed by atoms with Crippen molar-refractivity contribution in [3.05, 3.63) is 48.5 Å². The molecule has 0 bridgehead atoms. The molecule has 0 amide bonds. The summed E-state index contributed by atoms with van der Waals surface area (Å²) in [6, 6.07) is 6.97. The third-order valence-electron chi connectivity index (χ3n) is 4.69. The highest BCUT2D eigenvalue weighted by atomic mass is 32.2. The molecule has 0 N–H and O–H groups in total. The summed E-state index contributed by atoms with van der Waals surface area (Å²) >= 11 is 0. The molecule has 132 valence electrons. The molecule has 0 spiro atoms. The van der Waals surface area contributed by atoms with Gasteiger partial charge in [0.25, 0.3) is 10.0 Å². The van der Waals surface area contributed by atoms with Gasteiger partial charge in [-0.3, -0.25) is 4.40 Å².